The third-order valence-electron chi connectivity index (χ3n) is 2.15. The Bertz CT molecular complexity index is 616. The summed E-state index contributed by atoms with van der Waals surface area (Å²) in [6, 6.07) is 7.14. The van der Waals surface area contributed by atoms with Crippen LogP contribution in [0.2, 0.25) is 0 Å². The lowest BCUT2D eigenvalue weighted by molar-refractivity contribution is 0.340. The summed E-state index contributed by atoms with van der Waals surface area (Å²) in [4.78, 5) is 14.1. The number of aromatic amines is 2. The molecule has 0 atom stereocenters. The molecule has 88 valence electrons. The van der Waals surface area contributed by atoms with E-state index in [1.807, 2.05) is 6.92 Å². The molecule has 0 fully saturated rings. The predicted octanol–water partition coefficient (Wildman–Crippen LogP) is 1.89. The topological polar surface area (TPSA) is 70.8 Å². The Hall–Kier alpha value is -1.95. The maximum atomic E-state index is 11.6. The number of aromatic nitrogens is 3. The van der Waals surface area contributed by atoms with Gasteiger partial charge in [-0.2, -0.15) is 5.10 Å². The standard InChI is InChI=1S/C11H11N3O2S/c1-2-16-8-5-3-7(4-6-8)9-10(15)12-11(17)14-13-9/h3-6H,2H2,1H3,(H2,12,14,15,17). The Morgan fingerprint density at radius 2 is 2.06 bits per heavy atom. The van der Waals surface area contributed by atoms with Gasteiger partial charge < -0.3 is 4.74 Å². The summed E-state index contributed by atoms with van der Waals surface area (Å²) >= 11 is 4.77. The molecule has 0 saturated carbocycles. The molecule has 1 aromatic carbocycles. The molecule has 0 radical (unpaired) electrons. The second kappa shape index (κ2) is 4.92. The molecule has 17 heavy (non-hydrogen) atoms. The molecule has 2 aromatic rings. The second-order valence-electron chi connectivity index (χ2n) is 3.31. The van der Waals surface area contributed by atoms with E-state index in [4.69, 9.17) is 17.0 Å². The van der Waals surface area contributed by atoms with Crippen molar-refractivity contribution in [2.45, 2.75) is 6.92 Å². The van der Waals surface area contributed by atoms with Gasteiger partial charge in [-0.25, -0.2) is 0 Å². The van der Waals surface area contributed by atoms with E-state index in [1.54, 1.807) is 24.3 Å². The van der Waals surface area contributed by atoms with Crippen LogP contribution in [0, 0.1) is 4.77 Å². The summed E-state index contributed by atoms with van der Waals surface area (Å²) in [6.45, 7) is 2.52. The predicted molar refractivity (Wildman–Crippen MR) is 66.6 cm³/mol. The molecule has 0 bridgehead atoms. The lowest BCUT2D eigenvalue weighted by Gasteiger charge is -2.03. The average Bonchev–Trinajstić information content (AvgIpc) is 2.31. The minimum absolute atomic E-state index is 0.213. The van der Waals surface area contributed by atoms with Gasteiger partial charge in [-0.15, -0.1) is 0 Å². The Balaban J connectivity index is 2.40. The lowest BCUT2D eigenvalue weighted by atomic mass is 10.1. The molecule has 0 spiro atoms. The molecule has 0 saturated heterocycles. The number of nitrogens with zero attached hydrogens (tertiary/aromatic N) is 1. The molecule has 6 heteroatoms. The van der Waals surface area contributed by atoms with Crippen molar-refractivity contribution in [2.24, 2.45) is 0 Å². The summed E-state index contributed by atoms with van der Waals surface area (Å²) < 4.78 is 5.53. The molecule has 0 aliphatic carbocycles. The van der Waals surface area contributed by atoms with Crippen molar-refractivity contribution >= 4 is 12.2 Å². The Morgan fingerprint density at radius 1 is 1.35 bits per heavy atom. The van der Waals surface area contributed by atoms with E-state index in [1.165, 1.54) is 0 Å². The van der Waals surface area contributed by atoms with Crippen LogP contribution in [0.1, 0.15) is 6.92 Å². The molecular weight excluding hydrogens is 238 g/mol. The molecule has 2 N–H and O–H groups in total. The van der Waals surface area contributed by atoms with Gasteiger partial charge in [0.05, 0.1) is 6.61 Å². The fraction of sp³-hybridized carbons (Fsp3) is 0.182. The van der Waals surface area contributed by atoms with E-state index in [2.05, 4.69) is 15.2 Å². The van der Waals surface area contributed by atoms with Crippen LogP contribution in [-0.4, -0.2) is 21.8 Å². The summed E-state index contributed by atoms with van der Waals surface area (Å²) in [5, 5.41) is 6.47. The molecule has 0 amide bonds. The minimum atomic E-state index is -0.307. The molecular formula is C11H11N3O2S. The van der Waals surface area contributed by atoms with Crippen molar-refractivity contribution in [3.63, 3.8) is 0 Å². The number of benzene rings is 1. The highest BCUT2D eigenvalue weighted by Crippen LogP contribution is 2.17. The fourth-order valence-electron chi connectivity index (χ4n) is 1.42. The van der Waals surface area contributed by atoms with Crippen molar-refractivity contribution in [3.8, 4) is 17.0 Å². The first-order valence-electron chi connectivity index (χ1n) is 5.13. The molecule has 5 nitrogen and oxygen atoms in total. The van der Waals surface area contributed by atoms with Gasteiger partial charge in [-0.1, -0.05) is 0 Å². The third kappa shape index (κ3) is 2.59. The quantitative estimate of drug-likeness (QED) is 0.815. The van der Waals surface area contributed by atoms with Crippen LogP contribution in [-0.2, 0) is 0 Å². The highest BCUT2D eigenvalue weighted by molar-refractivity contribution is 7.71. The number of nitrogens with one attached hydrogen (secondary N) is 2. The fourth-order valence-corrected chi connectivity index (χ4v) is 1.56. The van der Waals surface area contributed by atoms with Gasteiger partial charge in [0.1, 0.15) is 5.75 Å². The molecule has 1 heterocycles. The maximum Gasteiger partial charge on any atom is 0.278 e. The number of H-pyrrole nitrogens is 2. The van der Waals surface area contributed by atoms with Gasteiger partial charge in [0.25, 0.3) is 5.56 Å². The average molecular weight is 249 g/mol. The largest absolute Gasteiger partial charge is 0.494 e. The van der Waals surface area contributed by atoms with Crippen LogP contribution < -0.4 is 10.3 Å². The minimum Gasteiger partial charge on any atom is -0.494 e. The lowest BCUT2D eigenvalue weighted by Crippen LogP contribution is -2.12. The van der Waals surface area contributed by atoms with Gasteiger partial charge in [-0.05, 0) is 43.4 Å². The molecule has 0 aliphatic heterocycles. The van der Waals surface area contributed by atoms with Crippen molar-refractivity contribution < 1.29 is 4.74 Å². The smallest absolute Gasteiger partial charge is 0.278 e. The van der Waals surface area contributed by atoms with E-state index >= 15 is 0 Å². The van der Waals surface area contributed by atoms with Crippen molar-refractivity contribution in [1.29, 1.82) is 0 Å². The van der Waals surface area contributed by atoms with E-state index in [-0.39, 0.29) is 10.3 Å². The van der Waals surface area contributed by atoms with E-state index in [0.717, 1.165) is 5.75 Å². The van der Waals surface area contributed by atoms with Gasteiger partial charge in [-0.3, -0.25) is 14.9 Å². The summed E-state index contributed by atoms with van der Waals surface area (Å²) in [6.07, 6.45) is 0. The highest BCUT2D eigenvalue weighted by Gasteiger charge is 2.04. The first-order valence-corrected chi connectivity index (χ1v) is 5.53. The normalized spacial score (nSPS) is 10.2. The first-order chi connectivity index (χ1) is 8.20. The van der Waals surface area contributed by atoms with E-state index in [0.29, 0.717) is 17.9 Å². The van der Waals surface area contributed by atoms with Crippen LogP contribution in [0.4, 0.5) is 0 Å². The summed E-state index contributed by atoms with van der Waals surface area (Å²) in [5.74, 6) is 0.761. The van der Waals surface area contributed by atoms with Crippen LogP contribution in [0.25, 0.3) is 11.3 Å². The SMILES string of the molecule is CCOc1ccc(-c2n[nH]c(=S)[nH]c2=O)cc1. The summed E-state index contributed by atoms with van der Waals surface area (Å²) in [5.41, 5.74) is 0.709. The van der Waals surface area contributed by atoms with Crippen LogP contribution in [0.5, 0.6) is 5.75 Å². The number of ether oxygens (including phenoxy) is 1. The second-order valence-corrected chi connectivity index (χ2v) is 3.72. The molecule has 2 rings (SSSR count). The number of rotatable bonds is 3. The maximum absolute atomic E-state index is 11.6. The zero-order chi connectivity index (χ0) is 12.3. The van der Waals surface area contributed by atoms with E-state index in [9.17, 15) is 4.79 Å². The van der Waals surface area contributed by atoms with Crippen LogP contribution in [0.3, 0.4) is 0 Å². The Kier molecular flexibility index (Phi) is 3.34. The van der Waals surface area contributed by atoms with Gasteiger partial charge >= 0.3 is 0 Å². The number of hydrogen-bond acceptors (Lipinski definition) is 4. The zero-order valence-corrected chi connectivity index (χ0v) is 10.0. The molecule has 0 aliphatic rings. The van der Waals surface area contributed by atoms with Gasteiger partial charge in [0.15, 0.2) is 10.5 Å². The van der Waals surface area contributed by atoms with Crippen molar-refractivity contribution in [2.75, 3.05) is 6.61 Å². The van der Waals surface area contributed by atoms with Gasteiger partial charge in [0, 0.05) is 5.56 Å². The monoisotopic (exact) mass is 249 g/mol. The number of hydrogen-bond donors (Lipinski definition) is 2. The van der Waals surface area contributed by atoms with Crippen molar-refractivity contribution in [1.82, 2.24) is 15.2 Å². The van der Waals surface area contributed by atoms with Gasteiger partial charge in [0.2, 0.25) is 0 Å². The van der Waals surface area contributed by atoms with Crippen molar-refractivity contribution in [3.05, 3.63) is 39.4 Å². The van der Waals surface area contributed by atoms with Crippen LogP contribution >= 0.6 is 12.2 Å². The summed E-state index contributed by atoms with van der Waals surface area (Å²) in [7, 11) is 0. The molecule has 1 aromatic heterocycles. The highest BCUT2D eigenvalue weighted by atomic mass is 32.1. The molecule has 0 unspecified atom stereocenters. The first kappa shape index (κ1) is 11.5. The Labute approximate surface area is 102 Å². The van der Waals surface area contributed by atoms with Crippen LogP contribution in [0.15, 0.2) is 29.1 Å². The van der Waals surface area contributed by atoms with E-state index < -0.39 is 0 Å². The third-order valence-corrected chi connectivity index (χ3v) is 2.34. The Morgan fingerprint density at radius 3 is 2.65 bits per heavy atom. The zero-order valence-electron chi connectivity index (χ0n) is 9.19.